The van der Waals surface area contributed by atoms with E-state index in [1.807, 2.05) is 18.2 Å². The number of hydrogen-bond acceptors (Lipinski definition) is 4. The normalized spacial score (nSPS) is 11.2. The van der Waals surface area contributed by atoms with Gasteiger partial charge in [0.25, 0.3) is 0 Å². The molecule has 0 aliphatic rings. The molecule has 0 aromatic carbocycles. The van der Waals surface area contributed by atoms with Crippen molar-refractivity contribution in [1.82, 2.24) is 9.97 Å². The number of aromatic nitrogens is 2. The van der Waals surface area contributed by atoms with E-state index in [1.54, 1.807) is 20.4 Å². The summed E-state index contributed by atoms with van der Waals surface area (Å²) in [4.78, 5) is 8.60. The Bertz CT molecular complexity index is 500. The van der Waals surface area contributed by atoms with E-state index in [-0.39, 0.29) is 0 Å². The van der Waals surface area contributed by atoms with Crippen LogP contribution in [0.25, 0.3) is 11.0 Å². The second kappa shape index (κ2) is 4.86. The summed E-state index contributed by atoms with van der Waals surface area (Å²) in [6.07, 6.45) is 1.27. The molecule has 16 heavy (non-hydrogen) atoms. The second-order valence-electron chi connectivity index (χ2n) is 3.24. The van der Waals surface area contributed by atoms with Gasteiger partial charge in [0.1, 0.15) is 0 Å². The highest BCUT2D eigenvalue weighted by Crippen LogP contribution is 2.20. The molecule has 2 rings (SSSR count). The first-order valence-corrected chi connectivity index (χ1v) is 5.51. The zero-order valence-corrected chi connectivity index (χ0v) is 10.6. The fraction of sp³-hybridized carbons (Fsp3) is 0.273. The Labute approximate surface area is 102 Å². The first kappa shape index (κ1) is 11.4. The molecule has 0 aliphatic heterocycles. The molecule has 0 amide bonds. The lowest BCUT2D eigenvalue weighted by atomic mass is 10.2. The zero-order chi connectivity index (χ0) is 11.5. The Hall–Kier alpha value is -1.04. The van der Waals surface area contributed by atoms with Crippen LogP contribution in [0.4, 0.5) is 0 Å². The zero-order valence-electron chi connectivity index (χ0n) is 8.98. The molecule has 5 heteroatoms. The van der Waals surface area contributed by atoms with Gasteiger partial charge < -0.3 is 9.47 Å². The first-order valence-electron chi connectivity index (χ1n) is 4.72. The minimum absolute atomic E-state index is 0.449. The Balaban J connectivity index is 2.47. The van der Waals surface area contributed by atoms with Crippen LogP contribution in [0.5, 0.6) is 0 Å². The van der Waals surface area contributed by atoms with E-state index >= 15 is 0 Å². The summed E-state index contributed by atoms with van der Waals surface area (Å²) in [5, 5.41) is 0.976. The lowest BCUT2D eigenvalue weighted by Gasteiger charge is -2.12. The van der Waals surface area contributed by atoms with Crippen molar-refractivity contribution in [3.05, 3.63) is 34.6 Å². The predicted molar refractivity (Wildman–Crippen MR) is 64.0 cm³/mol. The summed E-state index contributed by atoms with van der Waals surface area (Å²) in [5.41, 5.74) is 1.40. The summed E-state index contributed by atoms with van der Waals surface area (Å²) in [5.74, 6) is 0. The SMILES string of the molecule is COC(OC)c1ccc2cc(Br)cnc2n1. The quantitative estimate of drug-likeness (QED) is 0.812. The smallest absolute Gasteiger partial charge is 0.200 e. The van der Waals surface area contributed by atoms with Gasteiger partial charge in [-0.2, -0.15) is 0 Å². The number of hydrogen-bond donors (Lipinski definition) is 0. The maximum atomic E-state index is 5.14. The van der Waals surface area contributed by atoms with Gasteiger partial charge in [-0.1, -0.05) is 0 Å². The molecule has 0 unspecified atom stereocenters. The highest BCUT2D eigenvalue weighted by atomic mass is 79.9. The first-order chi connectivity index (χ1) is 7.74. The monoisotopic (exact) mass is 282 g/mol. The maximum absolute atomic E-state index is 5.14. The lowest BCUT2D eigenvalue weighted by molar-refractivity contribution is -0.108. The van der Waals surface area contributed by atoms with Crippen molar-refractivity contribution in [2.45, 2.75) is 6.29 Å². The van der Waals surface area contributed by atoms with Crippen LogP contribution in [-0.2, 0) is 9.47 Å². The number of ether oxygens (including phenoxy) is 2. The van der Waals surface area contributed by atoms with E-state index in [0.29, 0.717) is 11.3 Å². The van der Waals surface area contributed by atoms with E-state index in [2.05, 4.69) is 25.9 Å². The van der Waals surface area contributed by atoms with Gasteiger partial charge in [-0.05, 0) is 34.1 Å². The van der Waals surface area contributed by atoms with Crippen molar-refractivity contribution in [3.63, 3.8) is 0 Å². The standard InChI is InChI=1S/C11H11BrN2O2/c1-15-11(16-2)9-4-3-7-5-8(12)6-13-10(7)14-9/h3-6,11H,1-2H3. The van der Waals surface area contributed by atoms with Crippen molar-refractivity contribution in [2.75, 3.05) is 14.2 Å². The molecule has 2 heterocycles. The molecule has 0 N–H and O–H groups in total. The molecule has 0 radical (unpaired) electrons. The maximum Gasteiger partial charge on any atom is 0.200 e. The molecule has 4 nitrogen and oxygen atoms in total. The number of nitrogens with zero attached hydrogens (tertiary/aromatic N) is 2. The van der Waals surface area contributed by atoms with Crippen LogP contribution in [-0.4, -0.2) is 24.2 Å². The summed E-state index contributed by atoms with van der Waals surface area (Å²) in [6.45, 7) is 0. The molecule has 2 aromatic heterocycles. The Kier molecular flexibility index (Phi) is 3.48. The van der Waals surface area contributed by atoms with Gasteiger partial charge in [0, 0.05) is 30.3 Å². The Morgan fingerprint density at radius 2 is 2.00 bits per heavy atom. The van der Waals surface area contributed by atoms with Crippen LogP contribution in [0, 0.1) is 0 Å². The second-order valence-corrected chi connectivity index (χ2v) is 4.16. The predicted octanol–water partition coefficient (Wildman–Crippen LogP) is 2.68. The molecule has 0 saturated carbocycles. The van der Waals surface area contributed by atoms with Gasteiger partial charge in [0.05, 0.1) is 5.69 Å². The van der Waals surface area contributed by atoms with Gasteiger partial charge in [0.15, 0.2) is 5.65 Å². The van der Waals surface area contributed by atoms with Gasteiger partial charge >= 0.3 is 0 Å². The van der Waals surface area contributed by atoms with Gasteiger partial charge in [0.2, 0.25) is 6.29 Å². The van der Waals surface area contributed by atoms with E-state index in [4.69, 9.17) is 9.47 Å². The summed E-state index contributed by atoms with van der Waals surface area (Å²) in [6, 6.07) is 5.78. The highest BCUT2D eigenvalue weighted by molar-refractivity contribution is 9.10. The van der Waals surface area contributed by atoms with Crippen molar-refractivity contribution in [1.29, 1.82) is 0 Å². The van der Waals surface area contributed by atoms with Crippen molar-refractivity contribution in [3.8, 4) is 0 Å². The molecule has 0 fully saturated rings. The van der Waals surface area contributed by atoms with Crippen LogP contribution in [0.3, 0.4) is 0 Å². The average molecular weight is 283 g/mol. The van der Waals surface area contributed by atoms with Crippen molar-refractivity contribution >= 4 is 27.0 Å². The van der Waals surface area contributed by atoms with Crippen LogP contribution < -0.4 is 0 Å². The van der Waals surface area contributed by atoms with E-state index in [9.17, 15) is 0 Å². The number of methoxy groups -OCH3 is 2. The fourth-order valence-corrected chi connectivity index (χ4v) is 1.82. The molecule has 0 aliphatic carbocycles. The number of halogens is 1. The van der Waals surface area contributed by atoms with Crippen LogP contribution >= 0.6 is 15.9 Å². The minimum atomic E-state index is -0.449. The van der Waals surface area contributed by atoms with Crippen LogP contribution in [0.1, 0.15) is 12.0 Å². The molecule has 0 bridgehead atoms. The Morgan fingerprint density at radius 3 is 2.69 bits per heavy atom. The average Bonchev–Trinajstić information content (AvgIpc) is 2.31. The van der Waals surface area contributed by atoms with E-state index in [0.717, 1.165) is 9.86 Å². The number of rotatable bonds is 3. The van der Waals surface area contributed by atoms with E-state index in [1.165, 1.54) is 0 Å². The molecule has 0 spiro atoms. The third kappa shape index (κ3) is 2.21. The topological polar surface area (TPSA) is 44.2 Å². The van der Waals surface area contributed by atoms with Crippen molar-refractivity contribution in [2.24, 2.45) is 0 Å². The molecular formula is C11H11BrN2O2. The van der Waals surface area contributed by atoms with E-state index < -0.39 is 6.29 Å². The lowest BCUT2D eigenvalue weighted by Crippen LogP contribution is -2.06. The molecule has 84 valence electrons. The number of fused-ring (bicyclic) bond motifs is 1. The molecule has 0 saturated heterocycles. The van der Waals surface area contributed by atoms with Gasteiger partial charge in [-0.25, -0.2) is 9.97 Å². The van der Waals surface area contributed by atoms with Gasteiger partial charge in [-0.3, -0.25) is 0 Å². The summed E-state index contributed by atoms with van der Waals surface area (Å²) in [7, 11) is 3.16. The summed E-state index contributed by atoms with van der Waals surface area (Å²) >= 11 is 3.37. The summed E-state index contributed by atoms with van der Waals surface area (Å²) < 4.78 is 11.2. The third-order valence-electron chi connectivity index (χ3n) is 2.20. The molecule has 2 aromatic rings. The van der Waals surface area contributed by atoms with Crippen LogP contribution in [0.2, 0.25) is 0 Å². The molecular weight excluding hydrogens is 272 g/mol. The fourth-order valence-electron chi connectivity index (χ4n) is 1.47. The molecule has 0 atom stereocenters. The largest absolute Gasteiger partial charge is 0.350 e. The Morgan fingerprint density at radius 1 is 1.25 bits per heavy atom. The van der Waals surface area contributed by atoms with Crippen LogP contribution in [0.15, 0.2) is 28.9 Å². The highest BCUT2D eigenvalue weighted by Gasteiger charge is 2.11. The number of pyridine rings is 2. The minimum Gasteiger partial charge on any atom is -0.350 e. The van der Waals surface area contributed by atoms with Gasteiger partial charge in [-0.15, -0.1) is 0 Å². The van der Waals surface area contributed by atoms with Crippen molar-refractivity contribution < 1.29 is 9.47 Å². The third-order valence-corrected chi connectivity index (χ3v) is 2.63.